The smallest absolute Gasteiger partial charge is 0.327 e. The van der Waals surface area contributed by atoms with Crippen molar-refractivity contribution in [2.45, 2.75) is 25.0 Å². The Morgan fingerprint density at radius 3 is 2.61 bits per heavy atom. The molecule has 2 heterocycles. The number of ether oxygens (including phenoxy) is 2. The van der Waals surface area contributed by atoms with E-state index >= 15 is 0 Å². The summed E-state index contributed by atoms with van der Waals surface area (Å²) in [5.74, 6) is 1.09. The van der Waals surface area contributed by atoms with Crippen LogP contribution in [0.3, 0.4) is 0 Å². The molecule has 2 aliphatic heterocycles. The number of amides is 3. The van der Waals surface area contributed by atoms with E-state index in [4.69, 9.17) is 9.47 Å². The van der Waals surface area contributed by atoms with Crippen LogP contribution in [0.2, 0.25) is 0 Å². The maximum Gasteiger partial charge on any atom is 0.327 e. The van der Waals surface area contributed by atoms with Crippen LogP contribution in [0.5, 0.6) is 11.5 Å². The van der Waals surface area contributed by atoms with E-state index in [0.717, 1.165) is 11.3 Å². The third-order valence-electron chi connectivity index (χ3n) is 4.18. The third kappa shape index (κ3) is 3.10. The molecular formula is C16H20N2O5. The molecule has 1 N–H and O–H groups in total. The first kappa shape index (κ1) is 15.6. The molecule has 0 aromatic heterocycles. The maximum absolute atomic E-state index is 12.2. The van der Waals surface area contributed by atoms with E-state index in [1.807, 2.05) is 0 Å². The molecule has 7 nitrogen and oxygen atoms in total. The van der Waals surface area contributed by atoms with Crippen molar-refractivity contribution in [1.29, 1.82) is 0 Å². The van der Waals surface area contributed by atoms with Gasteiger partial charge in [0.25, 0.3) is 5.91 Å². The fourth-order valence-electron chi connectivity index (χ4n) is 2.98. The molecule has 1 aromatic rings. The Balaban J connectivity index is 1.52. The summed E-state index contributed by atoms with van der Waals surface area (Å²) in [6.45, 7) is 0.582. The molecule has 3 rings (SSSR count). The van der Waals surface area contributed by atoms with E-state index in [1.165, 1.54) is 0 Å². The van der Waals surface area contributed by atoms with E-state index in [0.29, 0.717) is 24.5 Å². The zero-order chi connectivity index (χ0) is 16.4. The molecule has 2 atom stereocenters. The number of carbonyl (C=O) groups is 2. The van der Waals surface area contributed by atoms with Crippen LogP contribution < -0.4 is 9.47 Å². The normalized spacial score (nSPS) is 21.6. The lowest BCUT2D eigenvalue weighted by atomic mass is 10.2. The molecule has 124 valence electrons. The Bertz CT molecular complexity index is 567. The summed E-state index contributed by atoms with van der Waals surface area (Å²) in [5, 5.41) is 10.1. The number of urea groups is 1. The van der Waals surface area contributed by atoms with Crippen LogP contribution >= 0.6 is 0 Å². The molecule has 0 saturated carbocycles. The van der Waals surface area contributed by atoms with Crippen LogP contribution in [0.4, 0.5) is 4.79 Å². The molecule has 2 saturated heterocycles. The highest BCUT2D eigenvalue weighted by Gasteiger charge is 2.47. The van der Waals surface area contributed by atoms with Gasteiger partial charge in [0.15, 0.2) is 0 Å². The number of benzene rings is 1. The molecular weight excluding hydrogens is 300 g/mol. The number of aliphatic hydroxyl groups excluding tert-OH is 1. The van der Waals surface area contributed by atoms with Gasteiger partial charge in [0, 0.05) is 6.54 Å². The topological polar surface area (TPSA) is 79.3 Å². The zero-order valence-corrected chi connectivity index (χ0v) is 13.0. The number of carbonyl (C=O) groups excluding carboxylic acids is 2. The number of β-amino-alcohol motifs (C(OH)–C–C–N with tert-alkyl or cyclic N) is 1. The summed E-state index contributed by atoms with van der Waals surface area (Å²) in [4.78, 5) is 27.0. The number of nitrogens with zero attached hydrogens (tertiary/aromatic N) is 2. The van der Waals surface area contributed by atoms with Gasteiger partial charge in [0.1, 0.15) is 30.3 Å². The first-order chi connectivity index (χ1) is 11.1. The molecule has 2 fully saturated rings. The Hall–Kier alpha value is -2.28. The molecule has 0 radical (unpaired) electrons. The first-order valence-corrected chi connectivity index (χ1v) is 7.67. The monoisotopic (exact) mass is 320 g/mol. The predicted molar refractivity (Wildman–Crippen MR) is 81.3 cm³/mol. The van der Waals surface area contributed by atoms with E-state index in [9.17, 15) is 14.7 Å². The van der Waals surface area contributed by atoms with Crippen molar-refractivity contribution < 1.29 is 24.2 Å². The third-order valence-corrected chi connectivity index (χ3v) is 4.18. The van der Waals surface area contributed by atoms with Gasteiger partial charge in [-0.2, -0.15) is 0 Å². The molecule has 0 unspecified atom stereocenters. The summed E-state index contributed by atoms with van der Waals surface area (Å²) in [5.41, 5.74) is 0. The number of methoxy groups -OCH3 is 1. The predicted octanol–water partition coefficient (Wildman–Crippen LogP) is 0.861. The Labute approximate surface area is 134 Å². The molecule has 3 amide bonds. The number of imide groups is 1. The highest BCUT2D eigenvalue weighted by Crippen LogP contribution is 2.27. The van der Waals surface area contributed by atoms with Gasteiger partial charge in [0.05, 0.1) is 13.7 Å². The summed E-state index contributed by atoms with van der Waals surface area (Å²) >= 11 is 0. The van der Waals surface area contributed by atoms with Gasteiger partial charge >= 0.3 is 6.03 Å². The summed E-state index contributed by atoms with van der Waals surface area (Å²) in [6.07, 6.45) is 0.642. The van der Waals surface area contributed by atoms with Crippen LogP contribution in [0.1, 0.15) is 12.8 Å². The first-order valence-electron chi connectivity index (χ1n) is 7.67. The standard InChI is InChI=1S/C16H20N2O5/c1-22-12-4-6-13(7-5-12)23-10-11(19)9-18-15(20)14-3-2-8-17(14)16(18)21/h4-7,11,14,19H,2-3,8-10H2,1H3/t11-,14-/m0/s1. The second kappa shape index (κ2) is 6.45. The van der Waals surface area contributed by atoms with E-state index in [2.05, 4.69) is 0 Å². The Kier molecular flexibility index (Phi) is 4.38. The average molecular weight is 320 g/mol. The van der Waals surface area contributed by atoms with E-state index < -0.39 is 6.10 Å². The van der Waals surface area contributed by atoms with Gasteiger partial charge in [-0.15, -0.1) is 0 Å². The Morgan fingerprint density at radius 2 is 1.96 bits per heavy atom. The average Bonchev–Trinajstić information content (AvgIpc) is 3.13. The molecule has 2 aliphatic rings. The van der Waals surface area contributed by atoms with E-state index in [-0.39, 0.29) is 31.1 Å². The number of hydrogen-bond donors (Lipinski definition) is 1. The quantitative estimate of drug-likeness (QED) is 0.787. The number of fused-ring (bicyclic) bond motifs is 1. The van der Waals surface area contributed by atoms with Gasteiger partial charge in [0.2, 0.25) is 0 Å². The molecule has 0 spiro atoms. The van der Waals surface area contributed by atoms with Gasteiger partial charge in [-0.05, 0) is 37.1 Å². The number of aliphatic hydroxyl groups is 1. The minimum Gasteiger partial charge on any atom is -0.497 e. The van der Waals surface area contributed by atoms with Crippen LogP contribution in [0.15, 0.2) is 24.3 Å². The van der Waals surface area contributed by atoms with Crippen molar-refractivity contribution in [2.75, 3.05) is 26.8 Å². The fraction of sp³-hybridized carbons (Fsp3) is 0.500. The van der Waals surface area contributed by atoms with Gasteiger partial charge < -0.3 is 19.5 Å². The maximum atomic E-state index is 12.2. The minimum absolute atomic E-state index is 0.00799. The van der Waals surface area contributed by atoms with Crippen LogP contribution in [0.25, 0.3) is 0 Å². The largest absolute Gasteiger partial charge is 0.497 e. The van der Waals surface area contributed by atoms with Crippen molar-refractivity contribution in [3.63, 3.8) is 0 Å². The van der Waals surface area contributed by atoms with Gasteiger partial charge in [-0.25, -0.2) is 4.79 Å². The second-order valence-electron chi connectivity index (χ2n) is 5.72. The molecule has 0 aliphatic carbocycles. The minimum atomic E-state index is -0.926. The van der Waals surface area contributed by atoms with Crippen LogP contribution in [-0.4, -0.2) is 65.8 Å². The van der Waals surface area contributed by atoms with Gasteiger partial charge in [-0.1, -0.05) is 0 Å². The summed E-state index contributed by atoms with van der Waals surface area (Å²) < 4.78 is 10.5. The lowest BCUT2D eigenvalue weighted by Crippen LogP contribution is -2.41. The van der Waals surface area contributed by atoms with Crippen molar-refractivity contribution in [3.8, 4) is 11.5 Å². The lowest BCUT2D eigenvalue weighted by Gasteiger charge is -2.19. The molecule has 1 aromatic carbocycles. The van der Waals surface area contributed by atoms with Crippen molar-refractivity contribution in [2.24, 2.45) is 0 Å². The highest BCUT2D eigenvalue weighted by molar-refractivity contribution is 6.04. The Morgan fingerprint density at radius 1 is 1.26 bits per heavy atom. The number of hydrogen-bond acceptors (Lipinski definition) is 5. The van der Waals surface area contributed by atoms with E-state index in [1.54, 1.807) is 36.3 Å². The SMILES string of the molecule is COc1ccc(OC[C@@H](O)CN2C(=O)[C@@H]3CCCN3C2=O)cc1. The van der Waals surface area contributed by atoms with Crippen molar-refractivity contribution in [1.82, 2.24) is 9.80 Å². The van der Waals surface area contributed by atoms with Crippen LogP contribution in [0, 0.1) is 0 Å². The lowest BCUT2D eigenvalue weighted by molar-refractivity contribution is -0.129. The number of rotatable bonds is 6. The fourth-order valence-corrected chi connectivity index (χ4v) is 2.98. The van der Waals surface area contributed by atoms with Crippen molar-refractivity contribution in [3.05, 3.63) is 24.3 Å². The highest BCUT2D eigenvalue weighted by atomic mass is 16.5. The summed E-state index contributed by atoms with van der Waals surface area (Å²) in [7, 11) is 1.58. The van der Waals surface area contributed by atoms with Crippen molar-refractivity contribution >= 4 is 11.9 Å². The molecule has 0 bridgehead atoms. The van der Waals surface area contributed by atoms with Gasteiger partial charge in [-0.3, -0.25) is 9.69 Å². The summed E-state index contributed by atoms with van der Waals surface area (Å²) in [6, 6.07) is 6.33. The molecule has 7 heteroatoms. The van der Waals surface area contributed by atoms with Crippen LogP contribution in [-0.2, 0) is 4.79 Å². The second-order valence-corrected chi connectivity index (χ2v) is 5.72. The molecule has 23 heavy (non-hydrogen) atoms. The zero-order valence-electron chi connectivity index (χ0n) is 13.0.